The van der Waals surface area contributed by atoms with Gasteiger partial charge in [0.25, 0.3) is 0 Å². The first kappa shape index (κ1) is 14.2. The third-order valence-electron chi connectivity index (χ3n) is 2.81. The van der Waals surface area contributed by atoms with E-state index in [1.807, 2.05) is 0 Å². The molecule has 0 bridgehead atoms. The average Bonchev–Trinajstić information content (AvgIpc) is 2.21. The van der Waals surface area contributed by atoms with Crippen LogP contribution >= 0.6 is 0 Å². The molecule has 0 rings (SSSR count). The lowest BCUT2D eigenvalue weighted by atomic mass is 9.90. The van der Waals surface area contributed by atoms with Crippen LogP contribution in [0, 0.1) is 5.92 Å². The fraction of sp³-hybridized carbons (Fsp3) is 0.769. The van der Waals surface area contributed by atoms with Crippen LogP contribution < -0.4 is 0 Å². The van der Waals surface area contributed by atoms with Crippen LogP contribution in [0.3, 0.4) is 0 Å². The predicted molar refractivity (Wildman–Crippen MR) is 63.9 cm³/mol. The van der Waals surface area contributed by atoms with Crippen LogP contribution in [0.5, 0.6) is 0 Å². The molecule has 0 aliphatic heterocycles. The Hall–Kier alpha value is -0.790. The smallest absolute Gasteiger partial charge is 0.331 e. The normalized spacial score (nSPS) is 12.4. The summed E-state index contributed by atoms with van der Waals surface area (Å²) in [5.41, 5.74) is 0.397. The Morgan fingerprint density at radius 3 is 2.27 bits per heavy atom. The molecule has 0 aliphatic rings. The molecule has 1 N–H and O–H groups in total. The van der Waals surface area contributed by atoms with E-state index in [1.165, 1.54) is 19.3 Å². The van der Waals surface area contributed by atoms with E-state index in [1.54, 1.807) is 0 Å². The number of aliphatic carboxylic acids is 1. The Bertz CT molecular complexity index is 197. The molecule has 15 heavy (non-hydrogen) atoms. The van der Waals surface area contributed by atoms with Gasteiger partial charge in [0, 0.05) is 5.57 Å². The molecule has 0 amide bonds. The maximum atomic E-state index is 10.8. The Balaban J connectivity index is 3.93. The molecule has 0 saturated heterocycles. The minimum atomic E-state index is -0.830. The standard InChI is InChI=1S/C13H24O2/c1-4-6-7-8-10-12(9-5-2)11(3)13(14)15/h12H,3-10H2,1-2H3,(H,14,15). The van der Waals surface area contributed by atoms with Gasteiger partial charge in [-0.3, -0.25) is 0 Å². The molecular weight excluding hydrogens is 188 g/mol. The van der Waals surface area contributed by atoms with Gasteiger partial charge in [0.05, 0.1) is 0 Å². The Morgan fingerprint density at radius 1 is 1.13 bits per heavy atom. The van der Waals surface area contributed by atoms with Crippen molar-refractivity contribution >= 4 is 5.97 Å². The van der Waals surface area contributed by atoms with E-state index < -0.39 is 5.97 Å². The zero-order chi connectivity index (χ0) is 11.7. The largest absolute Gasteiger partial charge is 0.478 e. The number of carboxylic acid groups (broad SMARTS) is 1. The molecule has 0 fully saturated rings. The molecule has 0 spiro atoms. The summed E-state index contributed by atoms with van der Waals surface area (Å²) >= 11 is 0. The van der Waals surface area contributed by atoms with Gasteiger partial charge in [0.2, 0.25) is 0 Å². The van der Waals surface area contributed by atoms with Crippen LogP contribution in [0.2, 0.25) is 0 Å². The highest BCUT2D eigenvalue weighted by molar-refractivity contribution is 5.86. The average molecular weight is 212 g/mol. The van der Waals surface area contributed by atoms with Gasteiger partial charge in [-0.15, -0.1) is 0 Å². The zero-order valence-corrected chi connectivity index (χ0v) is 10.1. The van der Waals surface area contributed by atoms with Gasteiger partial charge in [0.15, 0.2) is 0 Å². The van der Waals surface area contributed by atoms with Gasteiger partial charge < -0.3 is 5.11 Å². The molecule has 0 saturated carbocycles. The first-order chi connectivity index (χ1) is 7.13. The van der Waals surface area contributed by atoms with Crippen LogP contribution in [0.1, 0.15) is 58.8 Å². The van der Waals surface area contributed by atoms with E-state index in [0.29, 0.717) is 5.57 Å². The van der Waals surface area contributed by atoms with Crippen LogP contribution in [0.15, 0.2) is 12.2 Å². The quantitative estimate of drug-likeness (QED) is 0.463. The van der Waals surface area contributed by atoms with Gasteiger partial charge in [-0.2, -0.15) is 0 Å². The van der Waals surface area contributed by atoms with Crippen LogP contribution in [0.4, 0.5) is 0 Å². The number of hydrogen-bond acceptors (Lipinski definition) is 1. The minimum absolute atomic E-state index is 0.185. The summed E-state index contributed by atoms with van der Waals surface area (Å²) in [5, 5.41) is 8.88. The van der Waals surface area contributed by atoms with Gasteiger partial charge in [-0.1, -0.05) is 52.5 Å². The molecule has 0 aromatic heterocycles. The molecule has 1 atom stereocenters. The highest BCUT2D eigenvalue weighted by atomic mass is 16.4. The first-order valence-corrected chi connectivity index (χ1v) is 6.05. The third-order valence-corrected chi connectivity index (χ3v) is 2.81. The van der Waals surface area contributed by atoms with Crippen molar-refractivity contribution in [1.29, 1.82) is 0 Å². The van der Waals surface area contributed by atoms with Crippen molar-refractivity contribution in [2.45, 2.75) is 58.8 Å². The lowest BCUT2D eigenvalue weighted by Gasteiger charge is -2.15. The summed E-state index contributed by atoms with van der Waals surface area (Å²) in [6.07, 6.45) is 7.78. The van der Waals surface area contributed by atoms with Crippen LogP contribution in [-0.4, -0.2) is 11.1 Å². The maximum absolute atomic E-state index is 10.8. The van der Waals surface area contributed by atoms with E-state index in [9.17, 15) is 4.79 Å². The summed E-state index contributed by atoms with van der Waals surface area (Å²) in [5.74, 6) is -0.645. The van der Waals surface area contributed by atoms with Crippen molar-refractivity contribution in [3.8, 4) is 0 Å². The minimum Gasteiger partial charge on any atom is -0.478 e. The summed E-state index contributed by atoms with van der Waals surface area (Å²) < 4.78 is 0. The number of hydrogen-bond donors (Lipinski definition) is 1. The third kappa shape index (κ3) is 6.32. The summed E-state index contributed by atoms with van der Waals surface area (Å²) in [4.78, 5) is 10.8. The van der Waals surface area contributed by atoms with E-state index in [2.05, 4.69) is 20.4 Å². The second-order valence-corrected chi connectivity index (χ2v) is 4.17. The number of rotatable bonds is 9. The molecule has 0 radical (unpaired) electrons. The van der Waals surface area contributed by atoms with Gasteiger partial charge in [0.1, 0.15) is 0 Å². The molecule has 0 heterocycles. The Labute approximate surface area is 93.4 Å². The molecule has 2 heteroatoms. The van der Waals surface area contributed by atoms with Crippen LogP contribution in [-0.2, 0) is 4.79 Å². The molecule has 0 aliphatic carbocycles. The Kier molecular flexibility index (Phi) is 8.06. The SMILES string of the molecule is C=C(C(=O)O)C(CCC)CCCCCC. The van der Waals surface area contributed by atoms with Gasteiger partial charge in [-0.25, -0.2) is 4.79 Å². The van der Waals surface area contributed by atoms with Crippen LogP contribution in [0.25, 0.3) is 0 Å². The van der Waals surface area contributed by atoms with Crippen molar-refractivity contribution in [3.05, 3.63) is 12.2 Å². The number of carboxylic acids is 1. The van der Waals surface area contributed by atoms with Gasteiger partial charge >= 0.3 is 5.97 Å². The van der Waals surface area contributed by atoms with Crippen molar-refractivity contribution in [2.24, 2.45) is 5.92 Å². The van der Waals surface area contributed by atoms with Gasteiger partial charge in [-0.05, 0) is 18.8 Å². The van der Waals surface area contributed by atoms with E-state index >= 15 is 0 Å². The predicted octanol–water partition coefficient (Wildman–Crippen LogP) is 4.01. The molecular formula is C13H24O2. The van der Waals surface area contributed by atoms with E-state index in [-0.39, 0.29) is 5.92 Å². The lowest BCUT2D eigenvalue weighted by Crippen LogP contribution is -2.11. The molecule has 0 aromatic carbocycles. The van der Waals surface area contributed by atoms with Crippen molar-refractivity contribution in [2.75, 3.05) is 0 Å². The number of carbonyl (C=O) groups is 1. The first-order valence-electron chi connectivity index (χ1n) is 6.05. The maximum Gasteiger partial charge on any atom is 0.331 e. The lowest BCUT2D eigenvalue weighted by molar-refractivity contribution is -0.133. The summed E-state index contributed by atoms with van der Waals surface area (Å²) in [6.45, 7) is 7.94. The summed E-state index contributed by atoms with van der Waals surface area (Å²) in [6, 6.07) is 0. The highest BCUT2D eigenvalue weighted by Crippen LogP contribution is 2.23. The zero-order valence-electron chi connectivity index (χ0n) is 10.1. The molecule has 0 aromatic rings. The fourth-order valence-corrected chi connectivity index (χ4v) is 1.83. The monoisotopic (exact) mass is 212 g/mol. The molecule has 88 valence electrons. The van der Waals surface area contributed by atoms with Crippen molar-refractivity contribution < 1.29 is 9.90 Å². The Morgan fingerprint density at radius 2 is 1.80 bits per heavy atom. The highest BCUT2D eigenvalue weighted by Gasteiger charge is 2.16. The second-order valence-electron chi connectivity index (χ2n) is 4.17. The van der Waals surface area contributed by atoms with Crippen molar-refractivity contribution in [1.82, 2.24) is 0 Å². The van der Waals surface area contributed by atoms with Crippen molar-refractivity contribution in [3.63, 3.8) is 0 Å². The second kappa shape index (κ2) is 8.51. The fourth-order valence-electron chi connectivity index (χ4n) is 1.83. The molecule has 1 unspecified atom stereocenters. The molecule has 2 nitrogen and oxygen atoms in total. The number of unbranched alkanes of at least 4 members (excludes halogenated alkanes) is 3. The van der Waals surface area contributed by atoms with E-state index in [0.717, 1.165) is 25.7 Å². The van der Waals surface area contributed by atoms with E-state index in [4.69, 9.17) is 5.11 Å². The topological polar surface area (TPSA) is 37.3 Å². The summed E-state index contributed by atoms with van der Waals surface area (Å²) in [7, 11) is 0.